The summed E-state index contributed by atoms with van der Waals surface area (Å²) in [7, 11) is 0. The minimum Gasteiger partial charge on any atom is -0.274 e. The van der Waals surface area contributed by atoms with Crippen molar-refractivity contribution in [3.63, 3.8) is 0 Å². The first-order valence-electron chi connectivity index (χ1n) is 5.51. The Morgan fingerprint density at radius 1 is 1.38 bits per heavy atom. The second-order valence-electron chi connectivity index (χ2n) is 4.18. The molecule has 2 rings (SSSR count). The highest BCUT2D eigenvalue weighted by atomic mass is 79.9. The number of barbiturate groups is 1. The second kappa shape index (κ2) is 5.20. The normalized spacial score (nSPS) is 18.7. The molecule has 0 saturated carbocycles. The first-order valence-corrected chi connectivity index (χ1v) is 6.30. The summed E-state index contributed by atoms with van der Waals surface area (Å²) < 4.78 is 13.6. The van der Waals surface area contributed by atoms with Crippen molar-refractivity contribution in [1.82, 2.24) is 5.32 Å². The van der Waals surface area contributed by atoms with Gasteiger partial charge in [-0.25, -0.2) is 14.1 Å². The summed E-state index contributed by atoms with van der Waals surface area (Å²) in [6.07, 6.45) is -2.55. The zero-order valence-corrected chi connectivity index (χ0v) is 12.0. The Kier molecular flexibility index (Phi) is 3.73. The number of nitrogens with one attached hydrogen (secondary N) is 1. The van der Waals surface area contributed by atoms with Gasteiger partial charge in [-0.2, -0.15) is 0 Å². The maximum atomic E-state index is 13.4. The van der Waals surface area contributed by atoms with E-state index in [1.54, 1.807) is 5.32 Å². The van der Waals surface area contributed by atoms with Crippen LogP contribution in [0.5, 0.6) is 0 Å². The molecule has 1 fully saturated rings. The van der Waals surface area contributed by atoms with Crippen LogP contribution in [0.4, 0.5) is 20.6 Å². The third-order valence-corrected chi connectivity index (χ3v) is 3.44. The molecule has 1 atom stereocenters. The molecule has 1 aromatic rings. The van der Waals surface area contributed by atoms with Crippen molar-refractivity contribution in [3.05, 3.63) is 32.3 Å². The third kappa shape index (κ3) is 2.49. The lowest BCUT2D eigenvalue weighted by Gasteiger charge is -2.27. The first-order chi connectivity index (χ1) is 9.73. The predicted octanol–water partition coefficient (Wildman–Crippen LogP) is 1.59. The third-order valence-electron chi connectivity index (χ3n) is 2.80. The van der Waals surface area contributed by atoms with Crippen LogP contribution >= 0.6 is 15.9 Å². The van der Waals surface area contributed by atoms with E-state index in [1.807, 2.05) is 0 Å². The van der Waals surface area contributed by atoms with Crippen LogP contribution in [0.25, 0.3) is 0 Å². The lowest BCUT2D eigenvalue weighted by Crippen LogP contribution is -2.59. The van der Waals surface area contributed by atoms with Crippen LogP contribution < -0.4 is 10.2 Å². The fourth-order valence-corrected chi connectivity index (χ4v) is 2.43. The van der Waals surface area contributed by atoms with E-state index in [4.69, 9.17) is 0 Å². The maximum Gasteiger partial charge on any atom is 0.335 e. The average Bonchev–Trinajstić information content (AvgIpc) is 2.38. The Hall–Kier alpha value is -2.36. The monoisotopic (exact) mass is 359 g/mol. The number of halogens is 2. The number of hydrogen-bond acceptors (Lipinski definition) is 5. The van der Waals surface area contributed by atoms with Crippen LogP contribution in [0.3, 0.4) is 0 Å². The van der Waals surface area contributed by atoms with Crippen molar-refractivity contribution in [3.8, 4) is 0 Å². The molecule has 0 aromatic heterocycles. The molecule has 1 heterocycles. The Morgan fingerprint density at radius 2 is 2.00 bits per heavy atom. The number of carbonyl (C=O) groups is 3. The highest BCUT2D eigenvalue weighted by molar-refractivity contribution is 9.10. The predicted molar refractivity (Wildman–Crippen MR) is 71.5 cm³/mol. The van der Waals surface area contributed by atoms with E-state index in [1.165, 1.54) is 13.0 Å². The number of nitro benzene ring substituents is 1. The number of carbonyl (C=O) groups excluding carboxylic acids is 3. The number of hydrogen-bond donors (Lipinski definition) is 1. The van der Waals surface area contributed by atoms with Gasteiger partial charge in [-0.3, -0.25) is 25.0 Å². The smallest absolute Gasteiger partial charge is 0.274 e. The van der Waals surface area contributed by atoms with E-state index >= 15 is 0 Å². The number of amides is 4. The van der Waals surface area contributed by atoms with Crippen LogP contribution in [-0.2, 0) is 9.59 Å². The van der Waals surface area contributed by atoms with Gasteiger partial charge in [0.2, 0.25) is 0 Å². The first kappa shape index (κ1) is 15.0. The van der Waals surface area contributed by atoms with E-state index in [9.17, 15) is 28.9 Å². The summed E-state index contributed by atoms with van der Waals surface area (Å²) in [5.74, 6) is -2.76. The summed E-state index contributed by atoms with van der Waals surface area (Å²) in [5.41, 5.74) is -0.278. The lowest BCUT2D eigenvalue weighted by atomic mass is 10.1. The molecule has 21 heavy (non-hydrogen) atoms. The summed E-state index contributed by atoms with van der Waals surface area (Å²) in [4.78, 5) is 45.0. The molecule has 1 aliphatic heterocycles. The molecule has 1 aliphatic rings. The Labute approximate surface area is 125 Å². The van der Waals surface area contributed by atoms with Crippen molar-refractivity contribution >= 4 is 45.2 Å². The van der Waals surface area contributed by atoms with Gasteiger partial charge in [0, 0.05) is 16.1 Å². The summed E-state index contributed by atoms with van der Waals surface area (Å²) in [6, 6.07) is 1.11. The number of nitrogens with zero attached hydrogens (tertiary/aromatic N) is 2. The van der Waals surface area contributed by atoms with E-state index < -0.39 is 28.9 Å². The molecule has 0 spiro atoms. The van der Waals surface area contributed by atoms with Crippen LogP contribution in [0.1, 0.15) is 5.56 Å². The minimum absolute atomic E-state index is 0.177. The fraction of sp³-hybridized carbons (Fsp3) is 0.182. The highest BCUT2D eigenvalue weighted by Crippen LogP contribution is 2.34. The molecule has 1 aromatic carbocycles. The van der Waals surface area contributed by atoms with Crippen LogP contribution in [0, 0.1) is 17.0 Å². The Balaban J connectivity index is 2.57. The maximum absolute atomic E-state index is 13.4. The summed E-state index contributed by atoms with van der Waals surface area (Å²) in [6.45, 7) is 1.46. The van der Waals surface area contributed by atoms with Crippen molar-refractivity contribution < 1.29 is 23.7 Å². The van der Waals surface area contributed by atoms with Crippen molar-refractivity contribution in [2.24, 2.45) is 0 Å². The van der Waals surface area contributed by atoms with E-state index in [-0.39, 0.29) is 21.4 Å². The Bertz CT molecular complexity index is 693. The SMILES string of the molecule is Cc1cc(Br)c(N2C(=O)NC(=O)C(F)C2=O)cc1[N+](=O)[O-]. The molecule has 1 N–H and O–H groups in total. The van der Waals surface area contributed by atoms with E-state index in [0.717, 1.165) is 6.07 Å². The van der Waals surface area contributed by atoms with Gasteiger partial charge >= 0.3 is 6.03 Å². The van der Waals surface area contributed by atoms with Gasteiger partial charge in [-0.1, -0.05) is 0 Å². The molecule has 4 amide bonds. The topological polar surface area (TPSA) is 110 Å². The second-order valence-corrected chi connectivity index (χ2v) is 5.03. The Morgan fingerprint density at radius 3 is 2.57 bits per heavy atom. The van der Waals surface area contributed by atoms with Crippen molar-refractivity contribution in [2.75, 3.05) is 4.90 Å². The average molecular weight is 360 g/mol. The molecule has 1 saturated heterocycles. The van der Waals surface area contributed by atoms with Gasteiger partial charge in [0.1, 0.15) is 0 Å². The number of nitro groups is 1. The van der Waals surface area contributed by atoms with E-state index in [2.05, 4.69) is 15.9 Å². The molecule has 110 valence electrons. The zero-order chi connectivity index (χ0) is 15.9. The molecular weight excluding hydrogens is 353 g/mol. The number of rotatable bonds is 2. The quantitative estimate of drug-likeness (QED) is 0.489. The zero-order valence-electron chi connectivity index (χ0n) is 10.4. The molecule has 8 nitrogen and oxygen atoms in total. The number of anilines is 1. The highest BCUT2D eigenvalue weighted by Gasteiger charge is 2.42. The largest absolute Gasteiger partial charge is 0.335 e. The number of alkyl halides is 1. The molecule has 1 unspecified atom stereocenters. The van der Waals surface area contributed by atoms with Crippen LogP contribution in [0.2, 0.25) is 0 Å². The number of imide groups is 2. The van der Waals surface area contributed by atoms with Crippen LogP contribution in [0.15, 0.2) is 16.6 Å². The standard InChI is InChI=1S/C11H7BrFN3O5/c1-4-2-5(12)7(3-6(4)16(20)21)15-10(18)8(13)9(17)14-11(15)19/h2-3,8H,1H3,(H,14,17,19). The van der Waals surface area contributed by atoms with Crippen molar-refractivity contribution in [2.45, 2.75) is 13.1 Å². The van der Waals surface area contributed by atoms with Crippen LogP contribution in [-0.4, -0.2) is 28.9 Å². The van der Waals surface area contributed by atoms with Gasteiger partial charge in [-0.15, -0.1) is 0 Å². The number of urea groups is 1. The van der Waals surface area contributed by atoms with Gasteiger partial charge in [0.25, 0.3) is 23.7 Å². The number of aryl methyl sites for hydroxylation is 1. The van der Waals surface area contributed by atoms with Gasteiger partial charge in [-0.05, 0) is 28.9 Å². The number of benzene rings is 1. The molecule has 10 heteroatoms. The molecular formula is C11H7BrFN3O5. The molecule has 0 bridgehead atoms. The van der Waals surface area contributed by atoms with Gasteiger partial charge < -0.3 is 0 Å². The van der Waals surface area contributed by atoms with Crippen molar-refractivity contribution in [1.29, 1.82) is 0 Å². The van der Waals surface area contributed by atoms with Gasteiger partial charge in [0.05, 0.1) is 10.6 Å². The summed E-state index contributed by atoms with van der Waals surface area (Å²) in [5, 5.41) is 12.6. The summed E-state index contributed by atoms with van der Waals surface area (Å²) >= 11 is 3.05. The van der Waals surface area contributed by atoms with Gasteiger partial charge in [0.15, 0.2) is 0 Å². The fourth-order valence-electron chi connectivity index (χ4n) is 1.80. The lowest BCUT2D eigenvalue weighted by molar-refractivity contribution is -0.385. The minimum atomic E-state index is -2.55. The van der Waals surface area contributed by atoms with E-state index in [0.29, 0.717) is 4.90 Å². The molecule has 0 radical (unpaired) electrons. The molecule has 0 aliphatic carbocycles.